The molecule has 2 N–H and O–H groups in total. The first-order valence-electron chi connectivity index (χ1n) is 10.2. The highest BCUT2D eigenvalue weighted by Crippen LogP contribution is 2.28. The first kappa shape index (κ1) is 20.6. The number of carbonyl (C=O) groups is 1. The van der Waals surface area contributed by atoms with Crippen LogP contribution in [0.3, 0.4) is 0 Å². The molecule has 0 atom stereocenters. The Morgan fingerprint density at radius 2 is 1.81 bits per heavy atom. The monoisotopic (exact) mass is 418 g/mol. The van der Waals surface area contributed by atoms with Crippen LogP contribution in [0.15, 0.2) is 60.9 Å². The van der Waals surface area contributed by atoms with Gasteiger partial charge in [-0.3, -0.25) is 4.79 Å². The van der Waals surface area contributed by atoms with E-state index in [2.05, 4.69) is 37.4 Å². The van der Waals surface area contributed by atoms with Gasteiger partial charge in [-0.15, -0.1) is 0 Å². The quantitative estimate of drug-likeness (QED) is 0.636. The number of benzene rings is 1. The number of methoxy groups -OCH3 is 1. The van der Waals surface area contributed by atoms with Crippen LogP contribution in [-0.4, -0.2) is 61.1 Å². The van der Waals surface area contributed by atoms with Crippen molar-refractivity contribution in [1.82, 2.24) is 14.9 Å². The van der Waals surface area contributed by atoms with Gasteiger partial charge in [-0.05, 0) is 43.4 Å². The average molecular weight is 419 g/mol. The maximum atomic E-state index is 12.9. The molecule has 1 fully saturated rings. The highest BCUT2D eigenvalue weighted by molar-refractivity contribution is 6.07. The summed E-state index contributed by atoms with van der Waals surface area (Å²) < 4.78 is 5.37. The lowest BCUT2D eigenvalue weighted by atomic mass is 10.2. The zero-order valence-corrected chi connectivity index (χ0v) is 17.7. The van der Waals surface area contributed by atoms with Gasteiger partial charge in [-0.1, -0.05) is 12.1 Å². The molecule has 4 rings (SSSR count). The Balaban J connectivity index is 1.47. The molecule has 3 aromatic rings. The molecule has 0 unspecified atom stereocenters. The van der Waals surface area contributed by atoms with Gasteiger partial charge >= 0.3 is 0 Å². The van der Waals surface area contributed by atoms with E-state index in [1.807, 2.05) is 36.4 Å². The van der Waals surface area contributed by atoms with Crippen molar-refractivity contribution in [3.63, 3.8) is 0 Å². The smallest absolute Gasteiger partial charge is 0.260 e. The van der Waals surface area contributed by atoms with Crippen LogP contribution < -0.4 is 20.3 Å². The van der Waals surface area contributed by atoms with Gasteiger partial charge in [0.05, 0.1) is 30.2 Å². The topological polar surface area (TPSA) is 82.6 Å². The predicted molar refractivity (Wildman–Crippen MR) is 122 cm³/mol. The normalized spacial score (nSPS) is 14.2. The highest BCUT2D eigenvalue weighted by Gasteiger charge is 2.16. The van der Waals surface area contributed by atoms with E-state index in [0.29, 0.717) is 22.9 Å². The Bertz CT molecular complexity index is 1030. The number of nitrogens with one attached hydrogen (secondary N) is 2. The Hall–Kier alpha value is -3.65. The molecule has 0 bridgehead atoms. The first-order chi connectivity index (χ1) is 15.1. The fraction of sp³-hybridized carbons (Fsp3) is 0.261. The minimum absolute atomic E-state index is 0.287. The third-order valence-electron chi connectivity index (χ3n) is 5.27. The van der Waals surface area contributed by atoms with E-state index < -0.39 is 0 Å². The number of pyridine rings is 2. The Kier molecular flexibility index (Phi) is 6.28. The summed E-state index contributed by atoms with van der Waals surface area (Å²) in [6.45, 7) is 4.00. The lowest BCUT2D eigenvalue weighted by molar-refractivity contribution is 0.102. The van der Waals surface area contributed by atoms with E-state index in [0.717, 1.165) is 37.6 Å². The maximum absolute atomic E-state index is 12.9. The Morgan fingerprint density at radius 1 is 1.00 bits per heavy atom. The van der Waals surface area contributed by atoms with Crippen LogP contribution >= 0.6 is 0 Å². The summed E-state index contributed by atoms with van der Waals surface area (Å²) in [6, 6.07) is 14.8. The van der Waals surface area contributed by atoms with Crippen LogP contribution in [0.2, 0.25) is 0 Å². The second-order valence-electron chi connectivity index (χ2n) is 7.37. The number of likely N-dealkylation sites (N-methyl/N-ethyl adjacent to an activating group) is 1. The molecule has 1 aliphatic rings. The zero-order chi connectivity index (χ0) is 21.6. The van der Waals surface area contributed by atoms with Crippen LogP contribution in [0.25, 0.3) is 0 Å². The van der Waals surface area contributed by atoms with Crippen LogP contribution in [0.1, 0.15) is 10.4 Å². The Labute approximate surface area is 181 Å². The number of nitrogens with zero attached hydrogens (tertiary/aromatic N) is 4. The molecule has 31 heavy (non-hydrogen) atoms. The van der Waals surface area contributed by atoms with Crippen LogP contribution in [-0.2, 0) is 0 Å². The van der Waals surface area contributed by atoms with Gasteiger partial charge in [0.15, 0.2) is 0 Å². The predicted octanol–water partition coefficient (Wildman–Crippen LogP) is 3.23. The summed E-state index contributed by atoms with van der Waals surface area (Å²) >= 11 is 0. The molecular weight excluding hydrogens is 392 g/mol. The summed E-state index contributed by atoms with van der Waals surface area (Å²) in [5, 5.41) is 6.05. The van der Waals surface area contributed by atoms with Crippen LogP contribution in [0, 0.1) is 0 Å². The van der Waals surface area contributed by atoms with E-state index in [1.54, 1.807) is 31.6 Å². The minimum atomic E-state index is -0.287. The summed E-state index contributed by atoms with van der Waals surface area (Å²) in [4.78, 5) is 26.3. The summed E-state index contributed by atoms with van der Waals surface area (Å²) in [5.74, 6) is 1.32. The molecule has 0 spiro atoms. The molecule has 8 nitrogen and oxygen atoms in total. The van der Waals surface area contributed by atoms with E-state index in [-0.39, 0.29) is 5.91 Å². The van der Waals surface area contributed by atoms with E-state index in [9.17, 15) is 4.79 Å². The summed E-state index contributed by atoms with van der Waals surface area (Å²) in [5.41, 5.74) is 2.21. The number of carbonyl (C=O) groups excluding carboxylic acids is 1. The molecule has 0 aliphatic carbocycles. The molecule has 3 heterocycles. The standard InChI is InChI=1S/C23H26N6O2/c1-28-12-14-29(15-13-28)17-9-10-21(25-16-17)27-23(30)18-6-5-11-24-22(18)26-19-7-3-4-8-20(19)31-2/h3-11,16H,12-15H2,1-2H3,(H,24,26)(H,25,27,30). The molecule has 8 heteroatoms. The van der Waals surface area contributed by atoms with Gasteiger partial charge in [0.1, 0.15) is 17.4 Å². The lowest BCUT2D eigenvalue weighted by Gasteiger charge is -2.33. The second-order valence-corrected chi connectivity index (χ2v) is 7.37. The average Bonchev–Trinajstić information content (AvgIpc) is 2.81. The number of hydrogen-bond acceptors (Lipinski definition) is 7. The first-order valence-corrected chi connectivity index (χ1v) is 10.2. The molecule has 0 saturated carbocycles. The van der Waals surface area contributed by atoms with Gasteiger partial charge in [-0.25, -0.2) is 9.97 Å². The number of piperazine rings is 1. The van der Waals surface area contributed by atoms with Crippen molar-refractivity contribution in [1.29, 1.82) is 0 Å². The third kappa shape index (κ3) is 4.92. The van der Waals surface area contributed by atoms with Crippen molar-refractivity contribution >= 4 is 28.9 Å². The fourth-order valence-electron chi connectivity index (χ4n) is 3.46. The van der Waals surface area contributed by atoms with Gasteiger partial charge in [0.25, 0.3) is 5.91 Å². The van der Waals surface area contributed by atoms with Crippen molar-refractivity contribution in [2.24, 2.45) is 0 Å². The summed E-state index contributed by atoms with van der Waals surface area (Å²) in [6.07, 6.45) is 3.44. The SMILES string of the molecule is COc1ccccc1Nc1ncccc1C(=O)Nc1ccc(N2CCN(C)CC2)cn1. The number of anilines is 4. The van der Waals surface area contributed by atoms with Crippen molar-refractivity contribution in [3.05, 3.63) is 66.5 Å². The van der Waals surface area contributed by atoms with Crippen LogP contribution in [0.5, 0.6) is 5.75 Å². The molecule has 1 aliphatic heterocycles. The van der Waals surface area contributed by atoms with E-state index in [1.165, 1.54) is 0 Å². The van der Waals surface area contributed by atoms with Gasteiger partial charge in [0.2, 0.25) is 0 Å². The third-order valence-corrected chi connectivity index (χ3v) is 5.27. The number of rotatable bonds is 6. The van der Waals surface area contributed by atoms with Crippen molar-refractivity contribution in [2.75, 3.05) is 55.9 Å². The number of amides is 1. The maximum Gasteiger partial charge on any atom is 0.260 e. The van der Waals surface area contributed by atoms with Gasteiger partial charge < -0.3 is 25.2 Å². The van der Waals surface area contributed by atoms with Crippen LogP contribution in [0.4, 0.5) is 23.0 Å². The molecule has 1 saturated heterocycles. The molecule has 0 radical (unpaired) electrons. The van der Waals surface area contributed by atoms with Crippen molar-refractivity contribution in [2.45, 2.75) is 0 Å². The highest BCUT2D eigenvalue weighted by atomic mass is 16.5. The van der Waals surface area contributed by atoms with Crippen molar-refractivity contribution < 1.29 is 9.53 Å². The van der Waals surface area contributed by atoms with Gasteiger partial charge in [-0.2, -0.15) is 0 Å². The molecule has 1 amide bonds. The molecule has 160 valence electrons. The number of para-hydroxylation sites is 2. The minimum Gasteiger partial charge on any atom is -0.495 e. The largest absolute Gasteiger partial charge is 0.495 e. The second kappa shape index (κ2) is 9.44. The number of aromatic nitrogens is 2. The number of ether oxygens (including phenoxy) is 1. The molecule has 2 aromatic heterocycles. The molecular formula is C23H26N6O2. The Morgan fingerprint density at radius 3 is 2.55 bits per heavy atom. The zero-order valence-electron chi connectivity index (χ0n) is 17.7. The van der Waals surface area contributed by atoms with E-state index >= 15 is 0 Å². The molecule has 1 aromatic carbocycles. The fourth-order valence-corrected chi connectivity index (χ4v) is 3.46. The lowest BCUT2D eigenvalue weighted by Crippen LogP contribution is -2.44. The van der Waals surface area contributed by atoms with Crippen molar-refractivity contribution in [3.8, 4) is 5.75 Å². The number of hydrogen-bond donors (Lipinski definition) is 2. The summed E-state index contributed by atoms with van der Waals surface area (Å²) in [7, 11) is 3.73. The van der Waals surface area contributed by atoms with Gasteiger partial charge in [0, 0.05) is 32.4 Å². The van der Waals surface area contributed by atoms with E-state index in [4.69, 9.17) is 4.74 Å².